The van der Waals surface area contributed by atoms with Gasteiger partial charge in [0.15, 0.2) is 0 Å². The van der Waals surface area contributed by atoms with Gasteiger partial charge in [0.25, 0.3) is 0 Å². The molecule has 2 aromatic carbocycles. The molecule has 6 heteroatoms. The van der Waals surface area contributed by atoms with E-state index < -0.39 is 8.07 Å². The number of nitrogens with zero attached hydrogens (tertiary/aromatic N) is 3. The van der Waals surface area contributed by atoms with Crippen molar-refractivity contribution in [1.82, 2.24) is 15.0 Å². The molecule has 0 N–H and O–H groups in total. The molecule has 0 saturated carbocycles. The van der Waals surface area contributed by atoms with Crippen LogP contribution in [0, 0.1) is 24.0 Å². The minimum Gasteiger partial charge on any atom is -0.486 e. The van der Waals surface area contributed by atoms with Gasteiger partial charge in [0.05, 0.1) is 13.7 Å². The van der Waals surface area contributed by atoms with Crippen LogP contribution in [-0.2, 0) is 26.5 Å². The molecule has 0 aliphatic carbocycles. The average Bonchev–Trinajstić information content (AvgIpc) is 3.42. The van der Waals surface area contributed by atoms with Crippen LogP contribution >= 0.6 is 0 Å². The molecule has 0 fully saturated rings. The van der Waals surface area contributed by atoms with Gasteiger partial charge in [-0.05, 0) is 64.9 Å². The van der Waals surface area contributed by atoms with Crippen LogP contribution in [-0.4, -0.2) is 23.0 Å². The van der Waals surface area contributed by atoms with Crippen LogP contribution in [0.4, 0.5) is 0 Å². The van der Waals surface area contributed by atoms with Crippen molar-refractivity contribution in [2.45, 2.75) is 86.4 Å². The minimum atomic E-state index is -1.34. The Labute approximate surface area is 302 Å². The van der Waals surface area contributed by atoms with Crippen molar-refractivity contribution in [3.8, 4) is 22.5 Å². The molecule has 0 aliphatic heterocycles. The molecule has 0 bridgehead atoms. The molecule has 1 unspecified atom stereocenters. The summed E-state index contributed by atoms with van der Waals surface area (Å²) in [5.74, 6) is 2.08. The van der Waals surface area contributed by atoms with Gasteiger partial charge >= 0.3 is 0 Å². The molecule has 6 rings (SSSR count). The molecule has 0 amide bonds. The van der Waals surface area contributed by atoms with Gasteiger partial charge in [-0.3, -0.25) is 0 Å². The smallest absolute Gasteiger partial charge is 0.216 e. The summed E-state index contributed by atoms with van der Waals surface area (Å²) in [6, 6.07) is 29.4. The van der Waals surface area contributed by atoms with E-state index in [1.807, 2.05) is 36.5 Å². The summed E-state index contributed by atoms with van der Waals surface area (Å²) in [5.41, 5.74) is 9.22. The molecule has 0 aliphatic rings. The Morgan fingerprint density at radius 1 is 0.792 bits per heavy atom. The summed E-state index contributed by atoms with van der Waals surface area (Å²) in [6.07, 6.45) is 5.12. The van der Waals surface area contributed by atoms with Crippen LogP contribution in [0.25, 0.3) is 44.6 Å². The van der Waals surface area contributed by atoms with Gasteiger partial charge in [-0.25, -0.2) is 4.98 Å². The molecule has 6 aromatic rings. The number of furan rings is 1. The second kappa shape index (κ2) is 15.8. The van der Waals surface area contributed by atoms with Crippen LogP contribution in [0.5, 0.6) is 0 Å². The molecule has 4 heterocycles. The first-order chi connectivity index (χ1) is 22.3. The van der Waals surface area contributed by atoms with Gasteiger partial charge < -0.3 is 14.4 Å². The van der Waals surface area contributed by atoms with Crippen LogP contribution < -0.4 is 5.19 Å². The molecule has 253 valence electrons. The van der Waals surface area contributed by atoms with Gasteiger partial charge in [-0.15, -0.1) is 54.1 Å². The second-order valence-corrected chi connectivity index (χ2v) is 19.8. The third kappa shape index (κ3) is 8.58. The van der Waals surface area contributed by atoms with Crippen molar-refractivity contribution >= 4 is 35.3 Å². The van der Waals surface area contributed by atoms with Gasteiger partial charge in [0, 0.05) is 43.6 Å². The maximum atomic E-state index is 6.19. The number of pyridine rings is 3. The van der Waals surface area contributed by atoms with E-state index in [4.69, 9.17) is 9.40 Å². The predicted molar refractivity (Wildman–Crippen MR) is 201 cm³/mol. The Kier molecular flexibility index (Phi) is 12.3. The first-order valence-electron chi connectivity index (χ1n) is 17.0. The molecule has 4 aromatic heterocycles. The molecular formula is C42H49IrN3OSi-2. The monoisotopic (exact) mass is 832 g/mol. The topological polar surface area (TPSA) is 51.8 Å². The van der Waals surface area contributed by atoms with Crippen LogP contribution in [0.3, 0.4) is 0 Å². The minimum absolute atomic E-state index is 0. The van der Waals surface area contributed by atoms with E-state index in [-0.39, 0.29) is 20.1 Å². The largest absolute Gasteiger partial charge is 0.486 e. The Morgan fingerprint density at radius 2 is 1.56 bits per heavy atom. The quantitative estimate of drug-likeness (QED) is 0.113. The van der Waals surface area contributed by atoms with E-state index in [1.165, 1.54) is 16.3 Å². The summed E-state index contributed by atoms with van der Waals surface area (Å²) in [7, 11) is -1.34. The van der Waals surface area contributed by atoms with E-state index in [2.05, 4.69) is 133 Å². The summed E-state index contributed by atoms with van der Waals surface area (Å²) in [4.78, 5) is 14.0. The van der Waals surface area contributed by atoms with Crippen molar-refractivity contribution in [1.29, 1.82) is 0 Å². The molecular weight excluding hydrogens is 783 g/mol. The fourth-order valence-corrected chi connectivity index (χ4v) is 7.47. The SMILES string of the molecule is CC(C)Cc1cc(-c2[c-]cccc2)ncc1[Si](C)(C)C.CC(C)c1ccc2c(n1)oc1c(-c3cc(C(C)C(C)C)ccn3)[c-]ccc12.[Ir]. The molecule has 4 nitrogen and oxygen atoms in total. The van der Waals surface area contributed by atoms with Crippen LogP contribution in [0.2, 0.25) is 19.6 Å². The summed E-state index contributed by atoms with van der Waals surface area (Å²) in [6.45, 7) is 22.8. The fraction of sp³-hybridized carbons (Fsp3) is 0.357. The third-order valence-electron chi connectivity index (χ3n) is 8.89. The summed E-state index contributed by atoms with van der Waals surface area (Å²) >= 11 is 0. The zero-order valence-electron chi connectivity index (χ0n) is 30.1. The van der Waals surface area contributed by atoms with E-state index in [0.717, 1.165) is 51.0 Å². The Bertz CT molecular complexity index is 1960. The molecule has 0 spiro atoms. The van der Waals surface area contributed by atoms with Crippen molar-refractivity contribution in [2.75, 3.05) is 0 Å². The zero-order valence-corrected chi connectivity index (χ0v) is 33.5. The van der Waals surface area contributed by atoms with Crippen LogP contribution in [0.15, 0.2) is 83.5 Å². The van der Waals surface area contributed by atoms with Crippen molar-refractivity contribution in [3.63, 3.8) is 0 Å². The van der Waals surface area contributed by atoms with E-state index in [1.54, 1.807) is 0 Å². The average molecular weight is 832 g/mol. The van der Waals surface area contributed by atoms with Crippen molar-refractivity contribution < 1.29 is 24.5 Å². The van der Waals surface area contributed by atoms with Crippen molar-refractivity contribution in [3.05, 3.63) is 108 Å². The molecule has 1 radical (unpaired) electrons. The first kappa shape index (κ1) is 37.4. The van der Waals surface area contributed by atoms with Gasteiger partial charge in [-0.2, -0.15) is 0 Å². The summed E-state index contributed by atoms with van der Waals surface area (Å²) in [5, 5.41) is 3.59. The first-order valence-corrected chi connectivity index (χ1v) is 20.5. The number of fused-ring (bicyclic) bond motifs is 3. The number of benzene rings is 2. The maximum Gasteiger partial charge on any atom is 0.216 e. The standard InChI is InChI=1S/C24H25N2O.C18H24NSi.Ir/c1-14(2)16(5)17-11-12-25-22(13-17)20-8-6-7-18-19-9-10-21(15(3)4)26-24(19)27-23(18)20;1-14(2)11-16-12-17(15-9-7-6-8-10-15)19-13-18(16)20(3,4)5;/h6-7,9-16H,1-5H3;6-9,12-14H,11H2,1-5H3;/q2*-1;. The molecule has 0 saturated heterocycles. The summed E-state index contributed by atoms with van der Waals surface area (Å²) < 4.78 is 6.19. The fourth-order valence-electron chi connectivity index (χ4n) is 5.88. The van der Waals surface area contributed by atoms with E-state index in [0.29, 0.717) is 29.4 Å². The van der Waals surface area contributed by atoms with Crippen molar-refractivity contribution in [2.24, 2.45) is 11.8 Å². The van der Waals surface area contributed by atoms with Crippen LogP contribution in [0.1, 0.15) is 77.1 Å². The third-order valence-corrected chi connectivity index (χ3v) is 11.0. The number of rotatable bonds is 8. The molecule has 48 heavy (non-hydrogen) atoms. The van der Waals surface area contributed by atoms with Gasteiger partial charge in [-0.1, -0.05) is 102 Å². The Morgan fingerprint density at radius 3 is 2.21 bits per heavy atom. The number of hydrogen-bond donors (Lipinski definition) is 0. The Hall–Kier alpha value is -3.44. The second-order valence-electron chi connectivity index (χ2n) is 14.8. The molecule has 1 atom stereocenters. The van der Waals surface area contributed by atoms with E-state index in [9.17, 15) is 0 Å². The number of hydrogen-bond acceptors (Lipinski definition) is 4. The predicted octanol–water partition coefficient (Wildman–Crippen LogP) is 11.0. The number of aromatic nitrogens is 3. The maximum absolute atomic E-state index is 6.19. The van der Waals surface area contributed by atoms with E-state index >= 15 is 0 Å². The zero-order chi connectivity index (χ0) is 33.9. The normalized spacial score (nSPS) is 12.4. The van der Waals surface area contributed by atoms with Gasteiger partial charge in [0.1, 0.15) is 0 Å². The van der Waals surface area contributed by atoms with Gasteiger partial charge in [0.2, 0.25) is 5.71 Å². The Balaban J connectivity index is 0.000000222.